The molecule has 9 heteroatoms. The van der Waals surface area contributed by atoms with E-state index in [9.17, 15) is 13.6 Å². The number of aromatic nitrogens is 4. The van der Waals surface area contributed by atoms with Crippen molar-refractivity contribution in [2.75, 3.05) is 26.2 Å². The molecule has 7 nitrogen and oxygen atoms in total. The Hall–Kier alpha value is -3.72. The van der Waals surface area contributed by atoms with Crippen LogP contribution in [0.1, 0.15) is 15.9 Å². The van der Waals surface area contributed by atoms with Crippen molar-refractivity contribution < 1.29 is 13.6 Å². The fraction of sp³-hybridized carbons (Fsp3) is 0.217. The lowest BCUT2D eigenvalue weighted by Gasteiger charge is -2.34. The van der Waals surface area contributed by atoms with Crippen LogP contribution in [0.25, 0.3) is 16.8 Å². The molecule has 0 saturated carbocycles. The molecule has 0 unspecified atom stereocenters. The zero-order valence-electron chi connectivity index (χ0n) is 17.2. The number of nitrogens with zero attached hydrogens (tertiary/aromatic N) is 6. The van der Waals surface area contributed by atoms with Gasteiger partial charge in [0.1, 0.15) is 11.6 Å². The van der Waals surface area contributed by atoms with Crippen LogP contribution in [0.15, 0.2) is 60.8 Å². The van der Waals surface area contributed by atoms with Gasteiger partial charge in [0.2, 0.25) is 0 Å². The highest BCUT2D eigenvalue weighted by Crippen LogP contribution is 2.24. The van der Waals surface area contributed by atoms with E-state index < -0.39 is 5.82 Å². The molecule has 1 fully saturated rings. The van der Waals surface area contributed by atoms with Gasteiger partial charge in [0, 0.05) is 55.6 Å². The van der Waals surface area contributed by atoms with E-state index in [2.05, 4.69) is 20.4 Å². The predicted molar refractivity (Wildman–Crippen MR) is 114 cm³/mol. The van der Waals surface area contributed by atoms with Gasteiger partial charge < -0.3 is 4.90 Å². The Morgan fingerprint density at radius 3 is 2.44 bits per heavy atom. The molecule has 1 saturated heterocycles. The lowest BCUT2D eigenvalue weighted by atomic mass is 10.1. The highest BCUT2D eigenvalue weighted by atomic mass is 19.1. The summed E-state index contributed by atoms with van der Waals surface area (Å²) in [5, 5.41) is 12.0. The summed E-state index contributed by atoms with van der Waals surface area (Å²) in [5.41, 5.74) is 3.73. The molecule has 1 aliphatic heterocycles. The SMILES string of the molecule is O=C(c1cccc(F)c1)N1CCN(Cc2cc(-c3ccc(F)cc3)cn3nnnc23)CC1. The highest BCUT2D eigenvalue weighted by Gasteiger charge is 2.23. The highest BCUT2D eigenvalue weighted by molar-refractivity contribution is 5.94. The Morgan fingerprint density at radius 2 is 1.69 bits per heavy atom. The Morgan fingerprint density at radius 1 is 0.906 bits per heavy atom. The van der Waals surface area contributed by atoms with Crippen LogP contribution in [0, 0.1) is 11.6 Å². The van der Waals surface area contributed by atoms with Crippen molar-refractivity contribution in [2.45, 2.75) is 6.54 Å². The molecule has 2 aromatic carbocycles. The molecular formula is C23H20F2N6O. The molecule has 0 N–H and O–H groups in total. The van der Waals surface area contributed by atoms with Crippen molar-refractivity contribution in [1.82, 2.24) is 29.8 Å². The molecule has 162 valence electrons. The van der Waals surface area contributed by atoms with Gasteiger partial charge in [0.15, 0.2) is 5.65 Å². The van der Waals surface area contributed by atoms with Crippen LogP contribution in [-0.2, 0) is 6.54 Å². The number of fused-ring (bicyclic) bond motifs is 1. The molecule has 4 aromatic rings. The van der Waals surface area contributed by atoms with E-state index in [0.717, 1.165) is 16.7 Å². The predicted octanol–water partition coefficient (Wildman–Crippen LogP) is 3.03. The second-order valence-corrected chi connectivity index (χ2v) is 7.79. The van der Waals surface area contributed by atoms with Crippen molar-refractivity contribution in [2.24, 2.45) is 0 Å². The number of carbonyl (C=O) groups is 1. The number of hydrogen-bond acceptors (Lipinski definition) is 5. The Balaban J connectivity index is 1.32. The minimum atomic E-state index is -0.415. The number of benzene rings is 2. The van der Waals surface area contributed by atoms with E-state index in [1.54, 1.807) is 33.7 Å². The number of tetrazole rings is 1. The molecular weight excluding hydrogens is 414 g/mol. The molecule has 32 heavy (non-hydrogen) atoms. The second-order valence-electron chi connectivity index (χ2n) is 7.79. The molecule has 5 rings (SSSR count). The number of hydrogen-bond donors (Lipinski definition) is 0. The topological polar surface area (TPSA) is 66.6 Å². The number of halogens is 2. The molecule has 0 atom stereocenters. The number of amides is 1. The minimum absolute atomic E-state index is 0.161. The second kappa shape index (κ2) is 8.43. The van der Waals surface area contributed by atoms with Gasteiger partial charge >= 0.3 is 0 Å². The molecule has 0 bridgehead atoms. The van der Waals surface area contributed by atoms with Crippen molar-refractivity contribution in [1.29, 1.82) is 0 Å². The maximum Gasteiger partial charge on any atom is 0.254 e. The van der Waals surface area contributed by atoms with Gasteiger partial charge in [0.25, 0.3) is 5.91 Å². The number of rotatable bonds is 4. The van der Waals surface area contributed by atoms with E-state index in [4.69, 9.17) is 0 Å². The van der Waals surface area contributed by atoms with Crippen LogP contribution in [0.4, 0.5) is 8.78 Å². The van der Waals surface area contributed by atoms with Crippen LogP contribution in [0.5, 0.6) is 0 Å². The maximum absolute atomic E-state index is 13.5. The minimum Gasteiger partial charge on any atom is -0.336 e. The normalized spacial score (nSPS) is 14.8. The lowest BCUT2D eigenvalue weighted by molar-refractivity contribution is 0.0628. The molecule has 2 aromatic heterocycles. The summed E-state index contributed by atoms with van der Waals surface area (Å²) in [5.74, 6) is -0.865. The van der Waals surface area contributed by atoms with Crippen LogP contribution in [0.3, 0.4) is 0 Å². The number of carbonyl (C=O) groups excluding carboxylic acids is 1. The van der Waals surface area contributed by atoms with Gasteiger partial charge in [0.05, 0.1) is 0 Å². The summed E-state index contributed by atoms with van der Waals surface area (Å²) in [6.07, 6.45) is 1.82. The standard InChI is InChI=1S/C23H20F2N6O/c24-20-6-4-16(5-7-20)18-12-19(22-26-27-28-31(22)15-18)14-29-8-10-30(11-9-29)23(32)17-2-1-3-21(25)13-17/h1-7,12-13,15H,8-11,14H2. The fourth-order valence-electron chi connectivity index (χ4n) is 3.98. The Bertz CT molecular complexity index is 1270. The lowest BCUT2D eigenvalue weighted by Crippen LogP contribution is -2.48. The van der Waals surface area contributed by atoms with E-state index in [-0.39, 0.29) is 11.7 Å². The zero-order valence-corrected chi connectivity index (χ0v) is 17.2. The van der Waals surface area contributed by atoms with Crippen LogP contribution >= 0.6 is 0 Å². The number of pyridine rings is 1. The summed E-state index contributed by atoms with van der Waals surface area (Å²) in [6.45, 7) is 3.06. The molecule has 3 heterocycles. The maximum atomic E-state index is 13.5. The molecule has 0 spiro atoms. The zero-order chi connectivity index (χ0) is 22.1. The third-order valence-electron chi connectivity index (χ3n) is 5.67. The third kappa shape index (κ3) is 4.06. The summed E-state index contributed by atoms with van der Waals surface area (Å²) >= 11 is 0. The fourth-order valence-corrected chi connectivity index (χ4v) is 3.98. The summed E-state index contributed by atoms with van der Waals surface area (Å²) in [7, 11) is 0. The van der Waals surface area contributed by atoms with Gasteiger partial charge in [-0.2, -0.15) is 4.52 Å². The molecule has 1 amide bonds. The molecule has 0 radical (unpaired) electrons. The smallest absolute Gasteiger partial charge is 0.254 e. The van der Waals surface area contributed by atoms with E-state index >= 15 is 0 Å². The van der Waals surface area contributed by atoms with E-state index in [1.807, 2.05) is 12.3 Å². The average molecular weight is 434 g/mol. The van der Waals surface area contributed by atoms with Gasteiger partial charge in [-0.3, -0.25) is 9.69 Å². The van der Waals surface area contributed by atoms with Gasteiger partial charge in [-0.25, -0.2) is 8.78 Å². The van der Waals surface area contributed by atoms with Crippen LogP contribution < -0.4 is 0 Å². The summed E-state index contributed by atoms with van der Waals surface area (Å²) < 4.78 is 28.4. The van der Waals surface area contributed by atoms with Gasteiger partial charge in [-0.1, -0.05) is 18.2 Å². The van der Waals surface area contributed by atoms with Crippen molar-refractivity contribution >= 4 is 11.6 Å². The Kier molecular flexibility index (Phi) is 5.32. The average Bonchev–Trinajstić information content (AvgIpc) is 3.29. The third-order valence-corrected chi connectivity index (χ3v) is 5.67. The largest absolute Gasteiger partial charge is 0.336 e. The summed E-state index contributed by atoms with van der Waals surface area (Å²) in [6, 6.07) is 14.1. The first-order valence-corrected chi connectivity index (χ1v) is 10.3. The van der Waals surface area contributed by atoms with E-state index in [0.29, 0.717) is 43.9 Å². The van der Waals surface area contributed by atoms with Crippen molar-refractivity contribution in [3.05, 3.63) is 83.6 Å². The van der Waals surface area contributed by atoms with Crippen LogP contribution in [-0.4, -0.2) is 61.9 Å². The monoisotopic (exact) mass is 434 g/mol. The van der Waals surface area contributed by atoms with E-state index in [1.165, 1.54) is 24.3 Å². The Labute approximate surface area is 182 Å². The van der Waals surface area contributed by atoms with Crippen LogP contribution in [0.2, 0.25) is 0 Å². The first-order valence-electron chi connectivity index (χ1n) is 10.3. The van der Waals surface area contributed by atoms with Crippen molar-refractivity contribution in [3.8, 4) is 11.1 Å². The molecule has 0 aliphatic carbocycles. The number of piperazine rings is 1. The van der Waals surface area contributed by atoms with Crippen molar-refractivity contribution in [3.63, 3.8) is 0 Å². The first-order chi connectivity index (χ1) is 15.6. The quantitative estimate of drug-likeness (QED) is 0.494. The molecule has 1 aliphatic rings. The summed E-state index contributed by atoms with van der Waals surface area (Å²) in [4.78, 5) is 16.6. The first kappa shape index (κ1) is 20.2. The van der Waals surface area contributed by atoms with Gasteiger partial charge in [-0.05, 0) is 52.4 Å². The van der Waals surface area contributed by atoms with Gasteiger partial charge in [-0.15, -0.1) is 5.10 Å².